The molecule has 0 aliphatic heterocycles. The monoisotopic (exact) mass is 276 g/mol. The first kappa shape index (κ1) is 14.0. The lowest BCUT2D eigenvalue weighted by molar-refractivity contribution is -0.385. The number of nitrogens with zero attached hydrogens (tertiary/aromatic N) is 3. The molecule has 0 aromatic carbocycles. The van der Waals surface area contributed by atoms with Gasteiger partial charge in [0.05, 0.1) is 4.92 Å². The van der Waals surface area contributed by atoms with Crippen LogP contribution < -0.4 is 10.9 Å². The van der Waals surface area contributed by atoms with E-state index >= 15 is 0 Å². The van der Waals surface area contributed by atoms with Crippen molar-refractivity contribution >= 4 is 17.2 Å². The molecule has 0 saturated carbocycles. The van der Waals surface area contributed by atoms with E-state index in [1.165, 1.54) is 10.6 Å². The van der Waals surface area contributed by atoms with Gasteiger partial charge in [0, 0.05) is 12.7 Å². The van der Waals surface area contributed by atoms with Gasteiger partial charge in [-0.1, -0.05) is 19.9 Å². The summed E-state index contributed by atoms with van der Waals surface area (Å²) >= 11 is 0. The maximum Gasteiger partial charge on any atom is 0.376 e. The normalized spacial score (nSPS) is 10.9. The second kappa shape index (κ2) is 5.68. The van der Waals surface area contributed by atoms with E-state index in [2.05, 4.69) is 24.1 Å². The molecule has 20 heavy (non-hydrogen) atoms. The first-order valence-electron chi connectivity index (χ1n) is 6.40. The Hall–Kier alpha value is -2.44. The Morgan fingerprint density at radius 1 is 1.45 bits per heavy atom. The number of nitro groups is 1. The number of anilines is 1. The van der Waals surface area contributed by atoms with Crippen LogP contribution in [-0.4, -0.2) is 20.9 Å². The average molecular weight is 276 g/mol. The molecule has 2 aromatic rings. The maximum atomic E-state index is 12.1. The molecule has 0 aliphatic rings. The third kappa shape index (κ3) is 2.76. The van der Waals surface area contributed by atoms with Crippen molar-refractivity contribution < 1.29 is 4.92 Å². The van der Waals surface area contributed by atoms with Gasteiger partial charge in [-0.25, -0.2) is 4.98 Å². The second-order valence-corrected chi connectivity index (χ2v) is 4.91. The molecule has 0 radical (unpaired) electrons. The van der Waals surface area contributed by atoms with E-state index in [1.54, 1.807) is 18.2 Å². The Morgan fingerprint density at radius 2 is 2.20 bits per heavy atom. The van der Waals surface area contributed by atoms with Gasteiger partial charge < -0.3 is 5.32 Å². The molecule has 7 heteroatoms. The van der Waals surface area contributed by atoms with Crippen molar-refractivity contribution in [2.45, 2.75) is 20.3 Å². The lowest BCUT2D eigenvalue weighted by Crippen LogP contribution is -2.21. The number of aromatic nitrogens is 2. The number of hydrogen-bond donors (Lipinski definition) is 1. The number of fused-ring (bicyclic) bond motifs is 1. The second-order valence-electron chi connectivity index (χ2n) is 4.91. The maximum absolute atomic E-state index is 12.1. The fourth-order valence-corrected chi connectivity index (χ4v) is 1.85. The van der Waals surface area contributed by atoms with Crippen molar-refractivity contribution in [2.24, 2.45) is 5.92 Å². The van der Waals surface area contributed by atoms with Gasteiger partial charge in [0.25, 0.3) is 0 Å². The van der Waals surface area contributed by atoms with Gasteiger partial charge in [0.2, 0.25) is 5.82 Å². The lowest BCUT2D eigenvalue weighted by Gasteiger charge is -2.09. The van der Waals surface area contributed by atoms with E-state index in [0.29, 0.717) is 18.1 Å². The molecule has 0 unspecified atom stereocenters. The van der Waals surface area contributed by atoms with Crippen LogP contribution in [0.25, 0.3) is 5.65 Å². The summed E-state index contributed by atoms with van der Waals surface area (Å²) in [6, 6.07) is 5.00. The molecule has 2 heterocycles. The van der Waals surface area contributed by atoms with Crippen LogP contribution in [0.15, 0.2) is 29.2 Å². The summed E-state index contributed by atoms with van der Waals surface area (Å²) in [7, 11) is 0. The summed E-state index contributed by atoms with van der Waals surface area (Å²) < 4.78 is 1.17. The minimum absolute atomic E-state index is 0.0341. The number of rotatable bonds is 5. The van der Waals surface area contributed by atoms with E-state index in [9.17, 15) is 14.9 Å². The molecule has 1 N–H and O–H groups in total. The van der Waals surface area contributed by atoms with Crippen LogP contribution in [0.4, 0.5) is 11.5 Å². The third-order valence-corrected chi connectivity index (χ3v) is 2.91. The summed E-state index contributed by atoms with van der Waals surface area (Å²) in [5.74, 6) is 0.495. The van der Waals surface area contributed by atoms with Crippen LogP contribution in [0.3, 0.4) is 0 Å². The quantitative estimate of drug-likeness (QED) is 0.667. The smallest absolute Gasteiger partial charge is 0.364 e. The summed E-state index contributed by atoms with van der Waals surface area (Å²) in [5, 5.41) is 14.0. The highest BCUT2D eigenvalue weighted by molar-refractivity contribution is 5.59. The minimum atomic E-state index is -0.688. The zero-order valence-electron chi connectivity index (χ0n) is 11.4. The van der Waals surface area contributed by atoms with Crippen LogP contribution in [0.5, 0.6) is 0 Å². The zero-order chi connectivity index (χ0) is 14.7. The predicted octanol–water partition coefficient (Wildman–Crippen LogP) is 2.06. The molecule has 0 amide bonds. The van der Waals surface area contributed by atoms with Gasteiger partial charge in [-0.15, -0.1) is 0 Å². The highest BCUT2D eigenvalue weighted by Gasteiger charge is 2.22. The fraction of sp³-hybridized carbons (Fsp3) is 0.385. The van der Waals surface area contributed by atoms with Gasteiger partial charge in [0.15, 0.2) is 0 Å². The predicted molar refractivity (Wildman–Crippen MR) is 76.1 cm³/mol. The van der Waals surface area contributed by atoms with Gasteiger partial charge in [-0.05, 0) is 24.5 Å². The molecule has 0 atom stereocenters. The van der Waals surface area contributed by atoms with Gasteiger partial charge >= 0.3 is 11.2 Å². The first-order valence-corrected chi connectivity index (χ1v) is 6.40. The van der Waals surface area contributed by atoms with E-state index in [0.717, 1.165) is 6.42 Å². The SMILES string of the molecule is CC(C)CCNc1nc2ccccn2c(=O)c1[N+](=O)[O-]. The number of pyridine rings is 1. The largest absolute Gasteiger partial charge is 0.376 e. The standard InChI is InChI=1S/C13H16N4O3/c1-9(2)6-7-14-12-11(17(19)20)13(18)16-8-4-3-5-10(16)15-12/h3-5,8-9,14H,6-7H2,1-2H3. The van der Waals surface area contributed by atoms with Crippen LogP contribution in [0.2, 0.25) is 0 Å². The van der Waals surface area contributed by atoms with Crippen molar-refractivity contribution in [1.82, 2.24) is 9.38 Å². The number of hydrogen-bond acceptors (Lipinski definition) is 5. The van der Waals surface area contributed by atoms with Crippen LogP contribution in [0, 0.1) is 16.0 Å². The number of nitrogens with one attached hydrogen (secondary N) is 1. The molecule has 0 fully saturated rings. The molecule has 2 aromatic heterocycles. The summed E-state index contributed by atoms with van der Waals surface area (Å²) in [4.78, 5) is 26.7. The average Bonchev–Trinajstić information content (AvgIpc) is 2.38. The molecule has 0 bridgehead atoms. The summed E-state index contributed by atoms with van der Waals surface area (Å²) in [5.41, 5.74) is -0.805. The molecule has 0 saturated heterocycles. The van der Waals surface area contributed by atoms with E-state index < -0.39 is 16.2 Å². The lowest BCUT2D eigenvalue weighted by atomic mass is 10.1. The molecular weight excluding hydrogens is 260 g/mol. The van der Waals surface area contributed by atoms with E-state index in [4.69, 9.17) is 0 Å². The third-order valence-electron chi connectivity index (χ3n) is 2.91. The van der Waals surface area contributed by atoms with Crippen molar-refractivity contribution in [1.29, 1.82) is 0 Å². The van der Waals surface area contributed by atoms with Crippen molar-refractivity contribution in [2.75, 3.05) is 11.9 Å². The van der Waals surface area contributed by atoms with Crippen LogP contribution >= 0.6 is 0 Å². The Bertz CT molecular complexity index is 694. The highest BCUT2D eigenvalue weighted by atomic mass is 16.6. The molecule has 0 aliphatic carbocycles. The Morgan fingerprint density at radius 3 is 2.85 bits per heavy atom. The van der Waals surface area contributed by atoms with E-state index in [1.807, 2.05) is 0 Å². The molecule has 2 rings (SSSR count). The molecule has 106 valence electrons. The van der Waals surface area contributed by atoms with Gasteiger partial charge in [-0.3, -0.25) is 19.3 Å². The first-order chi connectivity index (χ1) is 9.50. The fourth-order valence-electron chi connectivity index (χ4n) is 1.85. The zero-order valence-corrected chi connectivity index (χ0v) is 11.4. The minimum Gasteiger partial charge on any atom is -0.364 e. The van der Waals surface area contributed by atoms with Crippen molar-refractivity contribution in [3.63, 3.8) is 0 Å². The summed E-state index contributed by atoms with van der Waals surface area (Å²) in [6.07, 6.45) is 2.31. The summed E-state index contributed by atoms with van der Waals surface area (Å²) in [6.45, 7) is 4.64. The van der Waals surface area contributed by atoms with Crippen LogP contribution in [-0.2, 0) is 0 Å². The Labute approximate surface area is 115 Å². The highest BCUT2D eigenvalue weighted by Crippen LogP contribution is 2.18. The van der Waals surface area contributed by atoms with Crippen LogP contribution in [0.1, 0.15) is 20.3 Å². The Kier molecular flexibility index (Phi) is 3.97. The topological polar surface area (TPSA) is 89.5 Å². The van der Waals surface area contributed by atoms with Crippen molar-refractivity contribution in [3.05, 3.63) is 44.9 Å². The van der Waals surface area contributed by atoms with Gasteiger partial charge in [0.1, 0.15) is 5.65 Å². The molecule has 0 spiro atoms. The Balaban J connectivity index is 2.49. The van der Waals surface area contributed by atoms with Gasteiger partial charge in [-0.2, -0.15) is 0 Å². The molecule has 7 nitrogen and oxygen atoms in total. The van der Waals surface area contributed by atoms with E-state index in [-0.39, 0.29) is 5.82 Å². The molecular formula is C13H16N4O3. The van der Waals surface area contributed by atoms with Crippen molar-refractivity contribution in [3.8, 4) is 0 Å².